The zero-order valence-corrected chi connectivity index (χ0v) is 10.3. The van der Waals surface area contributed by atoms with E-state index in [0.29, 0.717) is 6.04 Å². The quantitative estimate of drug-likeness (QED) is 0.848. The fourth-order valence-electron chi connectivity index (χ4n) is 2.09. The lowest BCUT2D eigenvalue weighted by atomic mass is 10.2. The van der Waals surface area contributed by atoms with Crippen LogP contribution in [0.25, 0.3) is 0 Å². The zero-order chi connectivity index (χ0) is 10.7. The van der Waals surface area contributed by atoms with Gasteiger partial charge in [-0.2, -0.15) is 0 Å². The van der Waals surface area contributed by atoms with E-state index in [1.54, 1.807) is 11.3 Å². The molecule has 15 heavy (non-hydrogen) atoms. The Morgan fingerprint density at radius 1 is 1.73 bits per heavy atom. The fourth-order valence-corrected chi connectivity index (χ4v) is 2.74. The Kier molecular flexibility index (Phi) is 3.72. The lowest BCUT2D eigenvalue weighted by Crippen LogP contribution is -2.36. The Balaban J connectivity index is 1.78. The summed E-state index contributed by atoms with van der Waals surface area (Å²) >= 11 is 1.73. The van der Waals surface area contributed by atoms with Crippen LogP contribution in [0, 0.1) is 0 Å². The van der Waals surface area contributed by atoms with Crippen molar-refractivity contribution in [3.05, 3.63) is 16.6 Å². The zero-order valence-electron chi connectivity index (χ0n) is 9.44. The monoisotopic (exact) mass is 225 g/mol. The van der Waals surface area contributed by atoms with E-state index in [1.165, 1.54) is 24.3 Å². The van der Waals surface area contributed by atoms with Gasteiger partial charge in [-0.1, -0.05) is 0 Å². The SMILES string of the molecule is CC(NCC1CCCN1C)c1cncs1. The minimum absolute atomic E-state index is 0.437. The molecule has 0 radical (unpaired) electrons. The first-order chi connectivity index (χ1) is 7.27. The van der Waals surface area contributed by atoms with E-state index in [-0.39, 0.29) is 0 Å². The van der Waals surface area contributed by atoms with Crippen molar-refractivity contribution in [1.29, 1.82) is 0 Å². The van der Waals surface area contributed by atoms with Gasteiger partial charge in [0.1, 0.15) is 0 Å². The van der Waals surface area contributed by atoms with Crippen LogP contribution in [0.2, 0.25) is 0 Å². The van der Waals surface area contributed by atoms with E-state index < -0.39 is 0 Å². The second-order valence-electron chi connectivity index (χ2n) is 4.31. The number of nitrogens with zero attached hydrogens (tertiary/aromatic N) is 2. The van der Waals surface area contributed by atoms with E-state index in [4.69, 9.17) is 0 Å². The van der Waals surface area contributed by atoms with E-state index in [0.717, 1.165) is 12.6 Å². The van der Waals surface area contributed by atoms with Crippen molar-refractivity contribution in [3.8, 4) is 0 Å². The highest BCUT2D eigenvalue weighted by atomic mass is 32.1. The molecule has 0 amide bonds. The molecule has 0 aromatic carbocycles. The minimum Gasteiger partial charge on any atom is -0.308 e. The van der Waals surface area contributed by atoms with E-state index in [2.05, 4.69) is 29.2 Å². The normalized spacial score (nSPS) is 24.5. The molecule has 0 aliphatic carbocycles. The highest BCUT2D eigenvalue weighted by Gasteiger charge is 2.21. The van der Waals surface area contributed by atoms with Gasteiger partial charge in [0.05, 0.1) is 5.51 Å². The molecule has 1 aliphatic rings. The molecule has 0 saturated carbocycles. The highest BCUT2D eigenvalue weighted by molar-refractivity contribution is 7.09. The lowest BCUT2D eigenvalue weighted by molar-refractivity contribution is 0.294. The number of rotatable bonds is 4. The van der Waals surface area contributed by atoms with Crippen molar-refractivity contribution in [2.24, 2.45) is 0 Å². The minimum atomic E-state index is 0.437. The van der Waals surface area contributed by atoms with Gasteiger partial charge in [0.2, 0.25) is 0 Å². The van der Waals surface area contributed by atoms with Crippen molar-refractivity contribution in [3.63, 3.8) is 0 Å². The highest BCUT2D eigenvalue weighted by Crippen LogP contribution is 2.18. The molecule has 2 atom stereocenters. The Hall–Kier alpha value is -0.450. The van der Waals surface area contributed by atoms with Gasteiger partial charge in [-0.05, 0) is 33.4 Å². The third-order valence-electron chi connectivity index (χ3n) is 3.21. The molecule has 0 bridgehead atoms. The lowest BCUT2D eigenvalue weighted by Gasteiger charge is -2.21. The summed E-state index contributed by atoms with van der Waals surface area (Å²) in [7, 11) is 2.22. The molecule has 3 nitrogen and oxygen atoms in total. The third kappa shape index (κ3) is 2.77. The van der Waals surface area contributed by atoms with Crippen LogP contribution in [0.3, 0.4) is 0 Å². The molecule has 4 heteroatoms. The second kappa shape index (κ2) is 5.05. The average molecular weight is 225 g/mol. The molecule has 1 N–H and O–H groups in total. The van der Waals surface area contributed by atoms with Gasteiger partial charge in [-0.3, -0.25) is 4.98 Å². The maximum absolute atomic E-state index is 4.11. The molecule has 84 valence electrons. The second-order valence-corrected chi connectivity index (χ2v) is 5.23. The number of nitrogens with one attached hydrogen (secondary N) is 1. The molecule has 2 rings (SSSR count). The topological polar surface area (TPSA) is 28.2 Å². The average Bonchev–Trinajstić information content (AvgIpc) is 2.85. The van der Waals surface area contributed by atoms with Gasteiger partial charge in [0.25, 0.3) is 0 Å². The molecule has 2 heterocycles. The fraction of sp³-hybridized carbons (Fsp3) is 0.727. The molecular weight excluding hydrogens is 206 g/mol. The van der Waals surface area contributed by atoms with Gasteiger partial charge in [0.15, 0.2) is 0 Å². The Labute approximate surface area is 95.5 Å². The standard InChI is InChI=1S/C11H19N3S/c1-9(11-7-12-8-15-11)13-6-10-4-3-5-14(10)2/h7-10,13H,3-6H2,1-2H3. The van der Waals surface area contributed by atoms with Gasteiger partial charge < -0.3 is 10.2 Å². The molecule has 2 unspecified atom stereocenters. The summed E-state index contributed by atoms with van der Waals surface area (Å²) in [5.41, 5.74) is 1.90. The van der Waals surface area contributed by atoms with E-state index in [9.17, 15) is 0 Å². The van der Waals surface area contributed by atoms with Crippen molar-refractivity contribution >= 4 is 11.3 Å². The van der Waals surface area contributed by atoms with E-state index in [1.807, 2.05) is 11.7 Å². The van der Waals surface area contributed by atoms with Gasteiger partial charge >= 0.3 is 0 Å². The number of aromatic nitrogens is 1. The molecule has 1 aromatic rings. The first kappa shape index (κ1) is 11.0. The first-order valence-corrected chi connectivity index (χ1v) is 6.47. The Morgan fingerprint density at radius 3 is 3.20 bits per heavy atom. The predicted octanol–water partition coefficient (Wildman–Crippen LogP) is 1.89. The summed E-state index contributed by atoms with van der Waals surface area (Å²) in [6, 6.07) is 1.16. The van der Waals surface area contributed by atoms with Gasteiger partial charge in [-0.15, -0.1) is 11.3 Å². The van der Waals surface area contributed by atoms with Crippen LogP contribution >= 0.6 is 11.3 Å². The van der Waals surface area contributed by atoms with Crippen LogP contribution in [0.15, 0.2) is 11.7 Å². The molecule has 1 fully saturated rings. The summed E-state index contributed by atoms with van der Waals surface area (Å²) in [5.74, 6) is 0. The largest absolute Gasteiger partial charge is 0.308 e. The van der Waals surface area contributed by atoms with Crippen LogP contribution in [-0.2, 0) is 0 Å². The molecule has 0 spiro atoms. The maximum Gasteiger partial charge on any atom is 0.0794 e. The number of hydrogen-bond donors (Lipinski definition) is 1. The number of likely N-dealkylation sites (tertiary alicyclic amines) is 1. The summed E-state index contributed by atoms with van der Waals surface area (Å²) in [6.45, 7) is 4.55. The van der Waals surface area contributed by atoms with Crippen LogP contribution in [0.1, 0.15) is 30.7 Å². The summed E-state index contributed by atoms with van der Waals surface area (Å²) in [4.78, 5) is 7.89. The van der Waals surface area contributed by atoms with Gasteiger partial charge in [0, 0.05) is 29.7 Å². The third-order valence-corrected chi connectivity index (χ3v) is 4.17. The van der Waals surface area contributed by atoms with Crippen LogP contribution < -0.4 is 5.32 Å². The molecular formula is C11H19N3S. The summed E-state index contributed by atoms with van der Waals surface area (Å²) in [5, 5.41) is 3.59. The maximum atomic E-state index is 4.11. The number of likely N-dealkylation sites (N-methyl/N-ethyl adjacent to an activating group) is 1. The molecule has 1 saturated heterocycles. The van der Waals surface area contributed by atoms with E-state index >= 15 is 0 Å². The van der Waals surface area contributed by atoms with Crippen molar-refractivity contribution < 1.29 is 0 Å². The van der Waals surface area contributed by atoms with Crippen LogP contribution in [-0.4, -0.2) is 36.1 Å². The first-order valence-electron chi connectivity index (χ1n) is 5.59. The van der Waals surface area contributed by atoms with Crippen molar-refractivity contribution in [1.82, 2.24) is 15.2 Å². The molecule has 1 aromatic heterocycles. The van der Waals surface area contributed by atoms with Crippen LogP contribution in [0.5, 0.6) is 0 Å². The van der Waals surface area contributed by atoms with Gasteiger partial charge in [-0.25, -0.2) is 0 Å². The van der Waals surface area contributed by atoms with Crippen molar-refractivity contribution in [2.45, 2.75) is 31.8 Å². The molecule has 1 aliphatic heterocycles. The summed E-state index contributed by atoms with van der Waals surface area (Å²) in [6.07, 6.45) is 4.64. The smallest absolute Gasteiger partial charge is 0.0794 e. The Bertz CT molecular complexity index is 286. The number of thiazole rings is 1. The van der Waals surface area contributed by atoms with Crippen molar-refractivity contribution in [2.75, 3.05) is 20.1 Å². The van der Waals surface area contributed by atoms with Crippen LogP contribution in [0.4, 0.5) is 0 Å². The number of hydrogen-bond acceptors (Lipinski definition) is 4. The Morgan fingerprint density at radius 2 is 2.60 bits per heavy atom. The summed E-state index contributed by atoms with van der Waals surface area (Å²) < 4.78 is 0. The predicted molar refractivity (Wildman–Crippen MR) is 64.2 cm³/mol.